The molecule has 1 N–H and O–H groups in total. The molecule has 3 unspecified atom stereocenters. The van der Waals surface area contributed by atoms with Crippen LogP contribution in [0.25, 0.3) is 0 Å². The molecule has 4 aliphatic carbocycles. The minimum atomic E-state index is -0.872. The second kappa shape index (κ2) is 9.43. The summed E-state index contributed by atoms with van der Waals surface area (Å²) in [7, 11) is 0. The van der Waals surface area contributed by atoms with Crippen molar-refractivity contribution in [3.8, 4) is 0 Å². The van der Waals surface area contributed by atoms with Crippen molar-refractivity contribution in [2.45, 2.75) is 157 Å². The van der Waals surface area contributed by atoms with Gasteiger partial charge in [-0.3, -0.25) is 9.59 Å². The zero-order valence-electron chi connectivity index (χ0n) is 26.9. The minimum absolute atomic E-state index is 0.0186. The minimum Gasteiger partial charge on any atom is -0.462 e. The van der Waals surface area contributed by atoms with Gasteiger partial charge in [0.15, 0.2) is 0 Å². The Kier molecular flexibility index (Phi) is 7.15. The molecule has 0 amide bonds. The van der Waals surface area contributed by atoms with E-state index in [0.29, 0.717) is 11.8 Å². The van der Waals surface area contributed by atoms with Crippen LogP contribution in [0.5, 0.6) is 0 Å². The molecule has 5 fully saturated rings. The summed E-state index contributed by atoms with van der Waals surface area (Å²) in [5.74, 6) is 1.00. The summed E-state index contributed by atoms with van der Waals surface area (Å²) in [6, 6.07) is 0. The first-order chi connectivity index (χ1) is 18.3. The van der Waals surface area contributed by atoms with Gasteiger partial charge in [0.05, 0.1) is 17.3 Å². The predicted octanol–water partition coefficient (Wildman–Crippen LogP) is 6.85. The number of hydrogen-bond acceptors (Lipinski definition) is 6. The average Bonchev–Trinajstić information content (AvgIpc) is 3.39. The van der Waals surface area contributed by atoms with E-state index < -0.39 is 5.60 Å². The lowest BCUT2D eigenvalue weighted by Crippen LogP contribution is -2.67. The Balaban J connectivity index is 1.52. The van der Waals surface area contributed by atoms with Crippen molar-refractivity contribution in [1.29, 1.82) is 0 Å². The number of hydrogen-bond donors (Lipinski definition) is 1. The van der Waals surface area contributed by atoms with E-state index in [1.165, 1.54) is 6.92 Å². The van der Waals surface area contributed by atoms with E-state index in [-0.39, 0.29) is 69.3 Å². The van der Waals surface area contributed by atoms with Gasteiger partial charge in [-0.2, -0.15) is 0 Å². The Labute approximate surface area is 242 Å². The fourth-order valence-corrected chi connectivity index (χ4v) is 11.8. The zero-order chi connectivity index (χ0) is 29.7. The number of carbonyl (C=O) groups is 2. The van der Waals surface area contributed by atoms with Gasteiger partial charge in [0, 0.05) is 25.2 Å². The van der Waals surface area contributed by atoms with Crippen molar-refractivity contribution < 1.29 is 28.9 Å². The first kappa shape index (κ1) is 30.3. The molecule has 5 rings (SSSR count). The molecule has 6 nitrogen and oxygen atoms in total. The molecule has 0 aromatic rings. The number of carbonyl (C=O) groups excluding carboxylic acids is 2. The van der Waals surface area contributed by atoms with Crippen LogP contribution in [0.2, 0.25) is 0 Å². The maximum absolute atomic E-state index is 12.6. The van der Waals surface area contributed by atoms with Gasteiger partial charge in [0.1, 0.15) is 12.2 Å². The normalized spacial score (nSPS) is 49.9. The van der Waals surface area contributed by atoms with Crippen molar-refractivity contribution in [3.05, 3.63) is 0 Å². The molecular formula is C34H56O6. The molecule has 0 bridgehead atoms. The van der Waals surface area contributed by atoms with Crippen LogP contribution in [0.4, 0.5) is 0 Å². The number of esters is 2. The lowest BCUT2D eigenvalue weighted by molar-refractivity contribution is -0.254. The van der Waals surface area contributed by atoms with Gasteiger partial charge in [0.2, 0.25) is 0 Å². The average molecular weight is 561 g/mol. The Bertz CT molecular complexity index is 1030. The molecule has 1 saturated heterocycles. The molecule has 40 heavy (non-hydrogen) atoms. The third-order valence-corrected chi connectivity index (χ3v) is 13.8. The van der Waals surface area contributed by atoms with Crippen LogP contribution >= 0.6 is 0 Å². The maximum Gasteiger partial charge on any atom is 0.302 e. The highest BCUT2D eigenvalue weighted by molar-refractivity contribution is 5.66. The van der Waals surface area contributed by atoms with Crippen molar-refractivity contribution in [2.75, 3.05) is 0 Å². The lowest BCUT2D eigenvalue weighted by atomic mass is 9.35. The van der Waals surface area contributed by atoms with Crippen LogP contribution in [0.3, 0.4) is 0 Å². The van der Waals surface area contributed by atoms with Crippen LogP contribution in [-0.2, 0) is 23.8 Å². The molecule has 228 valence electrons. The fraction of sp³-hybridized carbons (Fsp3) is 0.941. The largest absolute Gasteiger partial charge is 0.462 e. The summed E-state index contributed by atoms with van der Waals surface area (Å²) in [6.45, 7) is 21.2. The van der Waals surface area contributed by atoms with Gasteiger partial charge < -0.3 is 19.3 Å². The summed E-state index contributed by atoms with van der Waals surface area (Å²) < 4.78 is 19.0. The van der Waals surface area contributed by atoms with Gasteiger partial charge in [0.25, 0.3) is 0 Å². The molecule has 0 aromatic carbocycles. The smallest absolute Gasteiger partial charge is 0.302 e. The van der Waals surface area contributed by atoms with Crippen LogP contribution in [0, 0.1) is 45.3 Å². The third-order valence-electron chi connectivity index (χ3n) is 13.8. The summed E-state index contributed by atoms with van der Waals surface area (Å²) in [6.07, 6.45) is 8.68. The Morgan fingerprint density at radius 3 is 2.00 bits per heavy atom. The summed E-state index contributed by atoms with van der Waals surface area (Å²) in [5.41, 5.74) is -1.10. The van der Waals surface area contributed by atoms with Crippen molar-refractivity contribution in [2.24, 2.45) is 45.3 Å². The van der Waals surface area contributed by atoms with E-state index in [9.17, 15) is 14.7 Å². The maximum atomic E-state index is 12.6. The van der Waals surface area contributed by atoms with E-state index in [4.69, 9.17) is 14.2 Å². The quantitative estimate of drug-likeness (QED) is 0.379. The van der Waals surface area contributed by atoms with Crippen molar-refractivity contribution >= 4 is 11.9 Å². The molecule has 0 aromatic heterocycles. The van der Waals surface area contributed by atoms with Gasteiger partial charge in [-0.05, 0) is 113 Å². The standard InChI is InChI=1S/C34H56O6/c1-20(35)38-23-19-25-31(7)15-13-26(39-21(2)36)29(3,4)24(31)12-17-32(25,8)33(9)16-11-22(28(23)33)34(10)18-14-27(40-34)30(5,6)37/h22-28,37H,11-19H2,1-10H3/t22-,23+,24?,25?,26+,27+,28?,31-,32+,33+,34-/m0/s1. The molecule has 1 aliphatic heterocycles. The Morgan fingerprint density at radius 2 is 1.43 bits per heavy atom. The molecule has 0 spiro atoms. The Morgan fingerprint density at radius 1 is 0.800 bits per heavy atom. The van der Waals surface area contributed by atoms with Crippen LogP contribution < -0.4 is 0 Å². The highest BCUT2D eigenvalue weighted by atomic mass is 16.6. The molecule has 4 saturated carbocycles. The van der Waals surface area contributed by atoms with Crippen LogP contribution in [-0.4, -0.2) is 46.6 Å². The number of fused-ring (bicyclic) bond motifs is 5. The molecule has 6 heteroatoms. The number of rotatable bonds is 4. The fourth-order valence-electron chi connectivity index (χ4n) is 11.8. The molecule has 5 aliphatic rings. The van der Waals surface area contributed by atoms with E-state index in [1.54, 1.807) is 6.92 Å². The predicted molar refractivity (Wildman–Crippen MR) is 154 cm³/mol. The van der Waals surface area contributed by atoms with Crippen molar-refractivity contribution in [3.63, 3.8) is 0 Å². The highest BCUT2D eigenvalue weighted by Gasteiger charge is 2.72. The van der Waals surface area contributed by atoms with Gasteiger partial charge in [-0.15, -0.1) is 0 Å². The van der Waals surface area contributed by atoms with Gasteiger partial charge in [-0.25, -0.2) is 0 Å². The van der Waals surface area contributed by atoms with Gasteiger partial charge in [-0.1, -0.05) is 34.6 Å². The first-order valence-electron chi connectivity index (χ1n) is 16.0. The molecule has 11 atom stereocenters. The summed E-state index contributed by atoms with van der Waals surface area (Å²) in [5, 5.41) is 10.8. The molecule has 1 heterocycles. The Hall–Kier alpha value is -1.14. The highest BCUT2D eigenvalue weighted by Crippen LogP contribution is 2.76. The topological polar surface area (TPSA) is 82.1 Å². The number of ether oxygens (including phenoxy) is 3. The SMILES string of the molecule is CC(=O)O[C@@H]1CC2[C@@]3(C)CC[C@@H](OC(C)=O)C(C)(C)C3CC[C@@]2(C)[C@]2(C)CC[C@H]([C@]3(C)CC[C@H](C(C)(C)O)O3)C12. The molecule has 0 radical (unpaired) electrons. The number of aliphatic hydroxyl groups is 1. The van der Waals surface area contributed by atoms with E-state index in [2.05, 4.69) is 41.5 Å². The summed E-state index contributed by atoms with van der Waals surface area (Å²) in [4.78, 5) is 24.6. The van der Waals surface area contributed by atoms with E-state index in [1.807, 2.05) is 13.8 Å². The van der Waals surface area contributed by atoms with E-state index >= 15 is 0 Å². The zero-order valence-corrected chi connectivity index (χ0v) is 26.9. The van der Waals surface area contributed by atoms with E-state index in [0.717, 1.165) is 57.8 Å². The lowest BCUT2D eigenvalue weighted by Gasteiger charge is -2.70. The molecular weight excluding hydrogens is 504 g/mol. The monoisotopic (exact) mass is 560 g/mol. The third kappa shape index (κ3) is 4.31. The summed E-state index contributed by atoms with van der Waals surface area (Å²) >= 11 is 0. The van der Waals surface area contributed by atoms with Crippen LogP contribution in [0.1, 0.15) is 127 Å². The second-order valence-corrected chi connectivity index (χ2v) is 16.6. The second-order valence-electron chi connectivity index (χ2n) is 16.6. The first-order valence-corrected chi connectivity index (χ1v) is 16.0. The van der Waals surface area contributed by atoms with Gasteiger partial charge >= 0.3 is 11.9 Å². The van der Waals surface area contributed by atoms with Crippen LogP contribution in [0.15, 0.2) is 0 Å². The van der Waals surface area contributed by atoms with Crippen molar-refractivity contribution in [1.82, 2.24) is 0 Å².